The van der Waals surface area contributed by atoms with E-state index in [-0.39, 0.29) is 18.1 Å². The quantitative estimate of drug-likeness (QED) is 0.205. The van der Waals surface area contributed by atoms with Crippen molar-refractivity contribution in [2.24, 2.45) is 0 Å². The average molecular weight is 435 g/mol. The molecule has 1 amide bonds. The summed E-state index contributed by atoms with van der Waals surface area (Å²) in [4.78, 5) is 26.0. The standard InChI is InChI=1S/C26H46N2O3/c1-4-6-7-8-9-10-11-12-13-14-15-16-17-20-25(29)31-23(3)28-21-18-19-24(22-28)26(30)27-5-2/h18-19,21,23H,4-17,20,22H2,1-3H3,(H,27,30). The van der Waals surface area contributed by atoms with E-state index in [1.165, 1.54) is 70.6 Å². The Hall–Kier alpha value is -1.78. The van der Waals surface area contributed by atoms with Crippen LogP contribution in [0.25, 0.3) is 0 Å². The number of esters is 1. The van der Waals surface area contributed by atoms with Crippen molar-refractivity contribution in [2.75, 3.05) is 13.1 Å². The highest BCUT2D eigenvalue weighted by Gasteiger charge is 2.20. The lowest BCUT2D eigenvalue weighted by molar-refractivity contribution is -0.155. The molecule has 1 unspecified atom stereocenters. The van der Waals surface area contributed by atoms with Crippen LogP contribution in [0.5, 0.6) is 0 Å². The van der Waals surface area contributed by atoms with Gasteiger partial charge in [-0.25, -0.2) is 0 Å². The lowest BCUT2D eigenvalue weighted by atomic mass is 10.0. The molecule has 0 saturated carbocycles. The largest absolute Gasteiger partial charge is 0.442 e. The zero-order valence-corrected chi connectivity index (χ0v) is 20.3. The summed E-state index contributed by atoms with van der Waals surface area (Å²) >= 11 is 0. The number of hydrogen-bond acceptors (Lipinski definition) is 4. The Morgan fingerprint density at radius 3 is 2.03 bits per heavy atom. The van der Waals surface area contributed by atoms with Gasteiger partial charge in [0.1, 0.15) is 0 Å². The molecule has 1 N–H and O–H groups in total. The van der Waals surface area contributed by atoms with E-state index in [0.717, 1.165) is 12.8 Å². The summed E-state index contributed by atoms with van der Waals surface area (Å²) in [6, 6.07) is 0. The fraction of sp³-hybridized carbons (Fsp3) is 0.769. The predicted octanol–water partition coefficient (Wildman–Crippen LogP) is 6.25. The third-order valence-electron chi connectivity index (χ3n) is 5.81. The Kier molecular flexibility index (Phi) is 15.7. The van der Waals surface area contributed by atoms with Gasteiger partial charge in [0.25, 0.3) is 0 Å². The minimum Gasteiger partial charge on any atom is -0.442 e. The fourth-order valence-electron chi connectivity index (χ4n) is 3.85. The van der Waals surface area contributed by atoms with E-state index in [0.29, 0.717) is 25.1 Å². The van der Waals surface area contributed by atoms with E-state index in [1.54, 1.807) is 0 Å². The van der Waals surface area contributed by atoms with Crippen molar-refractivity contribution in [3.05, 3.63) is 23.9 Å². The molecule has 0 fully saturated rings. The molecule has 0 spiro atoms. The Balaban J connectivity index is 2.01. The molecule has 1 rings (SSSR count). The van der Waals surface area contributed by atoms with Gasteiger partial charge >= 0.3 is 5.97 Å². The number of carbonyl (C=O) groups excluding carboxylic acids is 2. The minimum atomic E-state index is -0.371. The first-order chi connectivity index (χ1) is 15.1. The first-order valence-corrected chi connectivity index (χ1v) is 12.7. The molecule has 0 aliphatic carbocycles. The number of allylic oxidation sites excluding steroid dienone is 2. The van der Waals surface area contributed by atoms with Crippen LogP contribution < -0.4 is 5.32 Å². The summed E-state index contributed by atoms with van der Waals surface area (Å²) in [7, 11) is 0. The van der Waals surface area contributed by atoms with Crippen molar-refractivity contribution in [2.45, 2.75) is 117 Å². The first-order valence-electron chi connectivity index (χ1n) is 12.7. The van der Waals surface area contributed by atoms with E-state index in [9.17, 15) is 9.59 Å². The molecule has 0 radical (unpaired) electrons. The first kappa shape index (κ1) is 27.3. The molecule has 0 bridgehead atoms. The van der Waals surface area contributed by atoms with Crippen molar-refractivity contribution in [3.63, 3.8) is 0 Å². The molecule has 178 valence electrons. The highest BCUT2D eigenvalue weighted by atomic mass is 16.6. The molecular formula is C26H46N2O3. The van der Waals surface area contributed by atoms with Crippen LogP contribution in [-0.4, -0.2) is 36.1 Å². The van der Waals surface area contributed by atoms with Gasteiger partial charge in [-0.05, 0) is 26.3 Å². The fourth-order valence-corrected chi connectivity index (χ4v) is 3.85. The van der Waals surface area contributed by atoms with E-state index < -0.39 is 0 Å². The summed E-state index contributed by atoms with van der Waals surface area (Å²) in [5, 5.41) is 2.81. The van der Waals surface area contributed by atoms with Gasteiger partial charge in [-0.15, -0.1) is 0 Å². The normalized spacial score (nSPS) is 14.3. The van der Waals surface area contributed by atoms with Crippen molar-refractivity contribution in [1.82, 2.24) is 10.2 Å². The average Bonchev–Trinajstić information content (AvgIpc) is 2.77. The van der Waals surface area contributed by atoms with Crippen molar-refractivity contribution < 1.29 is 14.3 Å². The summed E-state index contributed by atoms with van der Waals surface area (Å²) < 4.78 is 5.56. The van der Waals surface area contributed by atoms with E-state index in [1.807, 2.05) is 37.1 Å². The summed E-state index contributed by atoms with van der Waals surface area (Å²) in [5.41, 5.74) is 0.684. The number of amides is 1. The summed E-state index contributed by atoms with van der Waals surface area (Å²) in [6.07, 6.45) is 22.4. The smallest absolute Gasteiger partial charge is 0.307 e. The van der Waals surface area contributed by atoms with Crippen LogP contribution in [0.15, 0.2) is 23.9 Å². The van der Waals surface area contributed by atoms with Gasteiger partial charge in [0.05, 0.1) is 6.54 Å². The zero-order chi connectivity index (χ0) is 22.7. The van der Waals surface area contributed by atoms with Crippen LogP contribution in [-0.2, 0) is 14.3 Å². The highest BCUT2D eigenvalue weighted by molar-refractivity contribution is 5.94. The SMILES string of the molecule is CCCCCCCCCCCCCCCC(=O)OC(C)N1C=CC=C(C(=O)NCC)C1. The molecule has 0 aromatic rings. The molecule has 0 aromatic carbocycles. The van der Waals surface area contributed by atoms with Gasteiger partial charge in [0.2, 0.25) is 5.91 Å². The second-order valence-electron chi connectivity index (χ2n) is 8.65. The highest BCUT2D eigenvalue weighted by Crippen LogP contribution is 2.15. The van der Waals surface area contributed by atoms with Crippen LogP contribution in [0.3, 0.4) is 0 Å². The lowest BCUT2D eigenvalue weighted by Gasteiger charge is -2.29. The molecular weight excluding hydrogens is 388 g/mol. The minimum absolute atomic E-state index is 0.0673. The monoisotopic (exact) mass is 434 g/mol. The number of ether oxygens (including phenoxy) is 1. The van der Waals surface area contributed by atoms with Crippen LogP contribution in [0.4, 0.5) is 0 Å². The number of unbranched alkanes of at least 4 members (excludes halogenated alkanes) is 12. The van der Waals surface area contributed by atoms with Crippen LogP contribution in [0, 0.1) is 0 Å². The third kappa shape index (κ3) is 13.3. The van der Waals surface area contributed by atoms with Gasteiger partial charge in [-0.2, -0.15) is 0 Å². The van der Waals surface area contributed by atoms with Crippen LogP contribution in [0.1, 0.15) is 111 Å². The van der Waals surface area contributed by atoms with Gasteiger partial charge in [0, 0.05) is 24.7 Å². The number of likely N-dealkylation sites (N-methyl/N-ethyl adjacent to an activating group) is 1. The van der Waals surface area contributed by atoms with E-state index in [2.05, 4.69) is 12.2 Å². The molecule has 5 heteroatoms. The topological polar surface area (TPSA) is 58.6 Å². The molecule has 1 aliphatic rings. The van der Waals surface area contributed by atoms with Crippen molar-refractivity contribution >= 4 is 11.9 Å². The van der Waals surface area contributed by atoms with Gasteiger partial charge < -0.3 is 15.0 Å². The Morgan fingerprint density at radius 2 is 1.48 bits per heavy atom. The summed E-state index contributed by atoms with van der Waals surface area (Å²) in [6.45, 7) is 7.07. The molecule has 31 heavy (non-hydrogen) atoms. The molecule has 1 aliphatic heterocycles. The Morgan fingerprint density at radius 1 is 0.935 bits per heavy atom. The molecule has 1 atom stereocenters. The Bertz CT molecular complexity index is 557. The molecule has 0 saturated heterocycles. The van der Waals surface area contributed by atoms with Crippen molar-refractivity contribution in [1.29, 1.82) is 0 Å². The number of carbonyl (C=O) groups is 2. The number of rotatable bonds is 18. The number of nitrogens with one attached hydrogen (secondary N) is 1. The second-order valence-corrected chi connectivity index (χ2v) is 8.65. The van der Waals surface area contributed by atoms with Crippen LogP contribution in [0.2, 0.25) is 0 Å². The molecule has 5 nitrogen and oxygen atoms in total. The number of nitrogens with zero attached hydrogens (tertiary/aromatic N) is 1. The maximum absolute atomic E-state index is 12.1. The lowest BCUT2D eigenvalue weighted by Crippen LogP contribution is -2.38. The maximum atomic E-state index is 12.1. The van der Waals surface area contributed by atoms with Gasteiger partial charge in [-0.1, -0.05) is 90.0 Å². The third-order valence-corrected chi connectivity index (χ3v) is 5.81. The molecule has 1 heterocycles. The summed E-state index contributed by atoms with van der Waals surface area (Å²) in [5.74, 6) is -0.222. The number of hydrogen-bond donors (Lipinski definition) is 1. The predicted molar refractivity (Wildman–Crippen MR) is 128 cm³/mol. The molecule has 0 aromatic heterocycles. The maximum Gasteiger partial charge on any atom is 0.307 e. The van der Waals surface area contributed by atoms with Crippen LogP contribution >= 0.6 is 0 Å². The second kappa shape index (κ2) is 17.9. The van der Waals surface area contributed by atoms with Gasteiger partial charge in [0.15, 0.2) is 6.23 Å². The van der Waals surface area contributed by atoms with Gasteiger partial charge in [-0.3, -0.25) is 9.59 Å². The van der Waals surface area contributed by atoms with E-state index >= 15 is 0 Å². The van der Waals surface area contributed by atoms with Crippen molar-refractivity contribution in [3.8, 4) is 0 Å². The van der Waals surface area contributed by atoms with E-state index in [4.69, 9.17) is 4.74 Å². The Labute approximate surface area is 190 Å². The zero-order valence-electron chi connectivity index (χ0n) is 20.3.